The summed E-state index contributed by atoms with van der Waals surface area (Å²) in [6.07, 6.45) is 2.21. The summed E-state index contributed by atoms with van der Waals surface area (Å²) in [5, 5.41) is 2.12. The number of hydrogen-bond donors (Lipinski definition) is 0. The van der Waals surface area contributed by atoms with Gasteiger partial charge in [0.25, 0.3) is 0 Å². The second-order valence-electron chi connectivity index (χ2n) is 2.02. The molecule has 1 rings (SSSR count). The van der Waals surface area contributed by atoms with Gasteiger partial charge in [-0.25, -0.2) is 0 Å². The minimum absolute atomic E-state index is 0.458. The molecule has 0 aromatic carbocycles. The van der Waals surface area contributed by atoms with E-state index in [0.717, 1.165) is 0 Å². The van der Waals surface area contributed by atoms with E-state index >= 15 is 0 Å². The molecule has 6 heavy (non-hydrogen) atoms. The average molecular weight is 100 g/mol. The van der Waals surface area contributed by atoms with Crippen LogP contribution in [0.5, 0.6) is 0 Å². The molecule has 0 N–H and O–H groups in total. The van der Waals surface area contributed by atoms with Crippen molar-refractivity contribution in [2.75, 3.05) is 0 Å². The van der Waals surface area contributed by atoms with Crippen molar-refractivity contribution in [3.05, 3.63) is 11.5 Å². The summed E-state index contributed by atoms with van der Waals surface area (Å²) in [6.45, 7) is 4.41. The molecule has 1 heteroatoms. The van der Waals surface area contributed by atoms with Crippen LogP contribution in [0, 0.1) is 0 Å². The van der Waals surface area contributed by atoms with E-state index in [1.165, 1.54) is 0 Å². The zero-order chi connectivity index (χ0) is 4.62. The van der Waals surface area contributed by atoms with Crippen LogP contribution in [-0.2, 0) is 0 Å². The van der Waals surface area contributed by atoms with E-state index < -0.39 is 0 Å². The van der Waals surface area contributed by atoms with Gasteiger partial charge in [-0.2, -0.15) is 0 Å². The largest absolute Gasteiger partial charge is 0.124 e. The Kier molecular flexibility index (Phi) is 0.731. The predicted molar refractivity (Wildman–Crippen MR) is 30.8 cm³/mol. The molecule has 0 saturated heterocycles. The van der Waals surface area contributed by atoms with E-state index in [1.807, 2.05) is 11.8 Å². The Bertz CT molecular complexity index is 81.9. The van der Waals surface area contributed by atoms with Crippen LogP contribution in [0.3, 0.4) is 0 Å². The number of rotatable bonds is 0. The Balaban J connectivity index is 2.57. The molecule has 0 radical (unpaired) electrons. The van der Waals surface area contributed by atoms with E-state index in [9.17, 15) is 0 Å². The van der Waals surface area contributed by atoms with Gasteiger partial charge in [0.05, 0.1) is 0 Å². The molecule has 0 saturated carbocycles. The zero-order valence-corrected chi connectivity index (χ0v) is 4.88. The molecule has 0 bridgehead atoms. The first kappa shape index (κ1) is 4.25. The minimum Gasteiger partial charge on any atom is -0.124 e. The van der Waals surface area contributed by atoms with Gasteiger partial charge >= 0.3 is 0 Å². The molecule has 0 amide bonds. The van der Waals surface area contributed by atoms with Crippen LogP contribution in [0.1, 0.15) is 13.8 Å². The van der Waals surface area contributed by atoms with E-state index in [2.05, 4.69) is 25.3 Å². The van der Waals surface area contributed by atoms with Gasteiger partial charge in [0.2, 0.25) is 0 Å². The van der Waals surface area contributed by atoms with Crippen molar-refractivity contribution >= 4 is 11.8 Å². The topological polar surface area (TPSA) is 0 Å². The zero-order valence-electron chi connectivity index (χ0n) is 4.06. The summed E-state index contributed by atoms with van der Waals surface area (Å²) in [5.74, 6) is 0. The molecule has 1 aliphatic rings. The predicted octanol–water partition coefficient (Wildman–Crippen LogP) is 2.03. The van der Waals surface area contributed by atoms with E-state index in [-0.39, 0.29) is 0 Å². The number of thioether (sulfide) groups is 1. The van der Waals surface area contributed by atoms with E-state index in [4.69, 9.17) is 0 Å². The summed E-state index contributed by atoms with van der Waals surface area (Å²) < 4.78 is 0.458. The van der Waals surface area contributed by atoms with Crippen LogP contribution in [0.15, 0.2) is 11.5 Å². The Morgan fingerprint density at radius 1 is 1.50 bits per heavy atom. The Morgan fingerprint density at radius 2 is 1.83 bits per heavy atom. The molecule has 1 heterocycles. The van der Waals surface area contributed by atoms with Gasteiger partial charge in [-0.3, -0.25) is 0 Å². The third-order valence-electron chi connectivity index (χ3n) is 0.841. The van der Waals surface area contributed by atoms with Gasteiger partial charge in [-0.15, -0.1) is 11.8 Å². The van der Waals surface area contributed by atoms with Gasteiger partial charge in [0, 0.05) is 4.75 Å². The fraction of sp³-hybridized carbons (Fsp3) is 0.600. The first-order chi connectivity index (χ1) is 2.71. The van der Waals surface area contributed by atoms with Crippen molar-refractivity contribution in [1.82, 2.24) is 0 Å². The fourth-order valence-electron chi connectivity index (χ4n) is 0.340. The lowest BCUT2D eigenvalue weighted by Gasteiger charge is -2.24. The van der Waals surface area contributed by atoms with E-state index in [0.29, 0.717) is 4.75 Å². The van der Waals surface area contributed by atoms with Crippen molar-refractivity contribution in [1.29, 1.82) is 0 Å². The maximum atomic E-state index is 2.21. The second-order valence-corrected chi connectivity index (χ2v) is 3.58. The Labute approximate surface area is 42.6 Å². The molecule has 1 aliphatic heterocycles. The molecule has 34 valence electrons. The standard InChI is InChI=1S/C5H8S/c1-5(2)3-4-6-5/h3-4H,1-2H3. The van der Waals surface area contributed by atoms with Crippen LogP contribution < -0.4 is 0 Å². The quantitative estimate of drug-likeness (QED) is 0.449. The van der Waals surface area contributed by atoms with Crippen LogP contribution in [0.4, 0.5) is 0 Å². The van der Waals surface area contributed by atoms with Gasteiger partial charge in [-0.05, 0) is 19.3 Å². The third-order valence-corrected chi connectivity index (χ3v) is 1.86. The molecule has 0 aromatic rings. The number of hydrogen-bond acceptors (Lipinski definition) is 1. The first-order valence-electron chi connectivity index (χ1n) is 2.06. The molecule has 0 unspecified atom stereocenters. The van der Waals surface area contributed by atoms with Gasteiger partial charge in [-0.1, -0.05) is 6.08 Å². The Hall–Kier alpha value is 0.0900. The van der Waals surface area contributed by atoms with E-state index in [1.54, 1.807) is 0 Å². The molecule has 0 atom stereocenters. The summed E-state index contributed by atoms with van der Waals surface area (Å²) in [7, 11) is 0. The lowest BCUT2D eigenvalue weighted by Crippen LogP contribution is -2.14. The van der Waals surface area contributed by atoms with Gasteiger partial charge < -0.3 is 0 Å². The molecule has 0 nitrogen and oxygen atoms in total. The molecular formula is C5H8S. The van der Waals surface area contributed by atoms with Crippen LogP contribution in [-0.4, -0.2) is 4.75 Å². The summed E-state index contributed by atoms with van der Waals surface area (Å²) in [5.41, 5.74) is 0. The van der Waals surface area contributed by atoms with Crippen molar-refractivity contribution in [2.24, 2.45) is 0 Å². The molecule has 0 fully saturated rings. The van der Waals surface area contributed by atoms with Gasteiger partial charge in [0.15, 0.2) is 0 Å². The molecular weight excluding hydrogens is 92.1 g/mol. The smallest absolute Gasteiger partial charge is 0.0331 e. The van der Waals surface area contributed by atoms with Crippen LogP contribution in [0.2, 0.25) is 0 Å². The van der Waals surface area contributed by atoms with Crippen LogP contribution >= 0.6 is 11.8 Å². The highest BCUT2D eigenvalue weighted by molar-refractivity contribution is 8.04. The summed E-state index contributed by atoms with van der Waals surface area (Å²) in [4.78, 5) is 0. The molecule has 0 aliphatic carbocycles. The molecule has 0 aromatic heterocycles. The lowest BCUT2D eigenvalue weighted by atomic mass is 10.2. The monoisotopic (exact) mass is 100 g/mol. The highest BCUT2D eigenvalue weighted by Gasteiger charge is 2.18. The summed E-state index contributed by atoms with van der Waals surface area (Å²) >= 11 is 1.88. The van der Waals surface area contributed by atoms with Crippen molar-refractivity contribution in [3.63, 3.8) is 0 Å². The highest BCUT2D eigenvalue weighted by atomic mass is 32.2. The second kappa shape index (κ2) is 1.03. The fourth-order valence-corrected chi connectivity index (χ4v) is 1.02. The SMILES string of the molecule is CC1(C)C=CS1. The maximum absolute atomic E-state index is 2.21. The normalized spacial score (nSPS) is 26.3. The molecule has 0 spiro atoms. The van der Waals surface area contributed by atoms with Crippen molar-refractivity contribution in [2.45, 2.75) is 18.6 Å². The minimum atomic E-state index is 0.458. The first-order valence-corrected chi connectivity index (χ1v) is 2.94. The van der Waals surface area contributed by atoms with Crippen molar-refractivity contribution < 1.29 is 0 Å². The maximum Gasteiger partial charge on any atom is 0.0331 e. The van der Waals surface area contributed by atoms with Crippen molar-refractivity contribution in [3.8, 4) is 0 Å². The average Bonchev–Trinajstić information content (AvgIpc) is 1.32. The van der Waals surface area contributed by atoms with Crippen LogP contribution in [0.25, 0.3) is 0 Å². The summed E-state index contributed by atoms with van der Waals surface area (Å²) in [6, 6.07) is 0. The van der Waals surface area contributed by atoms with Gasteiger partial charge in [0.1, 0.15) is 0 Å². The Morgan fingerprint density at radius 3 is 1.83 bits per heavy atom. The highest BCUT2D eigenvalue weighted by Crippen LogP contribution is 2.35. The lowest BCUT2D eigenvalue weighted by molar-refractivity contribution is 0.888. The third kappa shape index (κ3) is 0.597.